The highest BCUT2D eigenvalue weighted by molar-refractivity contribution is 6.99. The van der Waals surface area contributed by atoms with Crippen LogP contribution in [0.4, 0.5) is 4.39 Å². The molecule has 43 heavy (non-hydrogen) atoms. The maximum atomic E-state index is 16.7. The highest BCUT2D eigenvalue weighted by Crippen LogP contribution is 2.47. The van der Waals surface area contributed by atoms with Gasteiger partial charge in [0.2, 0.25) is 0 Å². The molecule has 0 saturated carbocycles. The Bertz CT molecular complexity index is 1460. The van der Waals surface area contributed by atoms with Crippen LogP contribution in [0.3, 0.4) is 0 Å². The summed E-state index contributed by atoms with van der Waals surface area (Å²) < 4.78 is 37.9. The number of rotatable bonds is 9. The molecular weight excluding hydrogens is 584 g/mol. The Morgan fingerprint density at radius 1 is 0.930 bits per heavy atom. The molecule has 11 heteroatoms. The lowest BCUT2D eigenvalue weighted by Crippen LogP contribution is -2.68. The topological polar surface area (TPSA) is 103 Å². The van der Waals surface area contributed by atoms with Crippen molar-refractivity contribution >= 4 is 27.0 Å². The van der Waals surface area contributed by atoms with Gasteiger partial charge in [0.1, 0.15) is 11.7 Å². The van der Waals surface area contributed by atoms with Gasteiger partial charge in [-0.15, -0.1) is 0 Å². The first-order valence-electron chi connectivity index (χ1n) is 14.7. The molecule has 2 N–H and O–H groups in total. The average molecular weight is 629 g/mol. The number of benzene rings is 2. The van der Waals surface area contributed by atoms with Gasteiger partial charge < -0.3 is 18.7 Å². The van der Waals surface area contributed by atoms with Crippen molar-refractivity contribution in [3.63, 3.8) is 0 Å². The minimum absolute atomic E-state index is 0.189. The molecule has 1 saturated heterocycles. The fraction of sp³-hybridized carbons (Fsp3) is 0.500. The highest BCUT2D eigenvalue weighted by Gasteiger charge is 2.61. The molecule has 0 radical (unpaired) electrons. The average Bonchev–Trinajstić information content (AvgIpc) is 3.20. The minimum atomic E-state index is -3.12. The predicted molar refractivity (Wildman–Crippen MR) is 172 cm³/mol. The Morgan fingerprint density at radius 3 is 1.91 bits per heavy atom. The number of hydrogen-bond acceptors (Lipinski definition) is 6. The first-order valence-corrected chi connectivity index (χ1v) is 19.5. The minimum Gasteiger partial charge on any atom is -0.408 e. The van der Waals surface area contributed by atoms with E-state index in [9.17, 15) is 14.7 Å². The summed E-state index contributed by atoms with van der Waals surface area (Å²) in [5, 5.41) is 12.4. The summed E-state index contributed by atoms with van der Waals surface area (Å²) in [6.07, 6.45) is -3.33. The van der Waals surface area contributed by atoms with Crippen molar-refractivity contribution in [2.75, 3.05) is 13.2 Å². The third-order valence-corrected chi connectivity index (χ3v) is 18.4. The van der Waals surface area contributed by atoms with E-state index in [4.69, 9.17) is 13.6 Å². The standard InChI is InChI=1S/C32H45FN2O6Si2/c1-30(2,3)42(7,8)41-27-26(33)28(35-20-19-25(37)34-29(35)38)40-32(27,21-36)22-39-43(31(4,5)6,23-15-11-9-12-16-23)24-17-13-10-14-18-24/h9-20,26-28,36H,21-22H2,1-8H3,(H,34,37,38)/t26-,27+,28?,32-/m1/s1. The number of aliphatic hydroxyl groups excluding tert-OH is 1. The summed E-state index contributed by atoms with van der Waals surface area (Å²) in [5.41, 5.74) is -3.07. The van der Waals surface area contributed by atoms with Crippen LogP contribution in [0, 0.1) is 0 Å². The van der Waals surface area contributed by atoms with Gasteiger partial charge in [0.05, 0.1) is 13.2 Å². The van der Waals surface area contributed by atoms with Gasteiger partial charge >= 0.3 is 5.69 Å². The van der Waals surface area contributed by atoms with E-state index in [0.717, 1.165) is 21.0 Å². The van der Waals surface area contributed by atoms with Crippen LogP contribution in [0.1, 0.15) is 47.8 Å². The van der Waals surface area contributed by atoms with E-state index in [2.05, 4.69) is 50.0 Å². The van der Waals surface area contributed by atoms with Crippen LogP contribution in [0.25, 0.3) is 0 Å². The quantitative estimate of drug-likeness (QED) is 0.346. The van der Waals surface area contributed by atoms with E-state index in [0.29, 0.717) is 0 Å². The molecule has 4 atom stereocenters. The van der Waals surface area contributed by atoms with E-state index < -0.39 is 58.6 Å². The third kappa shape index (κ3) is 6.16. The van der Waals surface area contributed by atoms with Gasteiger partial charge in [-0.1, -0.05) is 102 Å². The number of aromatic nitrogens is 2. The largest absolute Gasteiger partial charge is 0.408 e. The third-order valence-electron chi connectivity index (χ3n) is 9.01. The summed E-state index contributed by atoms with van der Waals surface area (Å²) in [6.45, 7) is 15.7. The summed E-state index contributed by atoms with van der Waals surface area (Å²) in [7, 11) is -5.75. The number of ether oxygens (including phenoxy) is 1. The molecule has 8 nitrogen and oxygen atoms in total. The Kier molecular flexibility index (Phi) is 9.28. The lowest BCUT2D eigenvalue weighted by atomic mass is 9.98. The summed E-state index contributed by atoms with van der Waals surface area (Å²) in [5.74, 6) is 0. The summed E-state index contributed by atoms with van der Waals surface area (Å²) >= 11 is 0. The molecule has 1 fully saturated rings. The van der Waals surface area contributed by atoms with Gasteiger partial charge in [-0.3, -0.25) is 14.3 Å². The van der Waals surface area contributed by atoms with E-state index in [1.807, 2.05) is 70.3 Å². The predicted octanol–water partition coefficient (Wildman–Crippen LogP) is 4.10. The number of nitrogens with zero attached hydrogens (tertiary/aromatic N) is 1. The first-order chi connectivity index (χ1) is 20.0. The second-order valence-corrected chi connectivity index (χ2v) is 23.0. The van der Waals surface area contributed by atoms with Gasteiger partial charge in [0, 0.05) is 12.3 Å². The van der Waals surface area contributed by atoms with E-state index in [-0.39, 0.29) is 16.7 Å². The zero-order valence-corrected chi connectivity index (χ0v) is 28.4. The van der Waals surface area contributed by atoms with E-state index >= 15 is 4.39 Å². The first kappa shape index (κ1) is 33.2. The fourth-order valence-corrected chi connectivity index (χ4v) is 11.5. The molecule has 2 heterocycles. The molecular formula is C32H45FN2O6Si2. The lowest BCUT2D eigenvalue weighted by molar-refractivity contribution is -0.145. The Morgan fingerprint density at radius 2 is 1.47 bits per heavy atom. The molecule has 0 spiro atoms. The number of aliphatic hydroxyl groups is 1. The zero-order chi connectivity index (χ0) is 31.8. The van der Waals surface area contributed by atoms with Crippen molar-refractivity contribution in [2.24, 2.45) is 0 Å². The van der Waals surface area contributed by atoms with Crippen LogP contribution >= 0.6 is 0 Å². The molecule has 234 valence electrons. The smallest absolute Gasteiger partial charge is 0.330 e. The van der Waals surface area contributed by atoms with Gasteiger partial charge in [-0.2, -0.15) is 0 Å². The zero-order valence-electron chi connectivity index (χ0n) is 26.4. The van der Waals surface area contributed by atoms with Crippen molar-refractivity contribution in [3.8, 4) is 0 Å². The van der Waals surface area contributed by atoms with Crippen LogP contribution in [-0.4, -0.2) is 62.4 Å². The van der Waals surface area contributed by atoms with Gasteiger partial charge in [-0.25, -0.2) is 9.18 Å². The second kappa shape index (κ2) is 12.0. The molecule has 1 aromatic heterocycles. The van der Waals surface area contributed by atoms with E-state index in [1.165, 1.54) is 6.20 Å². The van der Waals surface area contributed by atoms with Crippen LogP contribution in [0.15, 0.2) is 82.5 Å². The Hall–Kier alpha value is -2.68. The Labute approximate surface area is 255 Å². The molecule has 2 aromatic carbocycles. The summed E-state index contributed by atoms with van der Waals surface area (Å²) in [6, 6.07) is 21.1. The monoisotopic (exact) mass is 628 g/mol. The number of hydrogen-bond donors (Lipinski definition) is 2. The molecule has 0 amide bonds. The molecule has 1 aliphatic rings. The van der Waals surface area contributed by atoms with Crippen molar-refractivity contribution in [3.05, 3.63) is 93.8 Å². The number of H-pyrrole nitrogens is 1. The van der Waals surface area contributed by atoms with Crippen molar-refractivity contribution in [2.45, 2.75) is 88.8 Å². The maximum Gasteiger partial charge on any atom is 0.330 e. The molecule has 3 aromatic rings. The molecule has 0 aliphatic carbocycles. The van der Waals surface area contributed by atoms with E-state index in [1.54, 1.807) is 0 Å². The van der Waals surface area contributed by atoms with Crippen LogP contribution in [0.5, 0.6) is 0 Å². The van der Waals surface area contributed by atoms with Gasteiger partial charge in [-0.05, 0) is 33.5 Å². The fourth-order valence-electron chi connectivity index (χ4n) is 5.60. The molecule has 1 aliphatic heterocycles. The maximum absolute atomic E-state index is 16.7. The highest BCUT2D eigenvalue weighted by atomic mass is 28.4. The van der Waals surface area contributed by atoms with Crippen molar-refractivity contribution < 1.29 is 23.1 Å². The Balaban J connectivity index is 1.87. The van der Waals surface area contributed by atoms with Crippen molar-refractivity contribution in [1.29, 1.82) is 0 Å². The van der Waals surface area contributed by atoms with Crippen LogP contribution in [0.2, 0.25) is 23.2 Å². The van der Waals surface area contributed by atoms with Crippen LogP contribution < -0.4 is 21.6 Å². The van der Waals surface area contributed by atoms with Gasteiger partial charge in [0.15, 0.2) is 20.7 Å². The van der Waals surface area contributed by atoms with Gasteiger partial charge in [0.25, 0.3) is 13.9 Å². The van der Waals surface area contributed by atoms with Crippen LogP contribution in [-0.2, 0) is 13.6 Å². The normalized spacial score (nSPS) is 23.4. The number of nitrogens with one attached hydrogen (secondary N) is 1. The molecule has 1 unspecified atom stereocenters. The summed E-state index contributed by atoms with van der Waals surface area (Å²) in [4.78, 5) is 26.7. The molecule has 0 bridgehead atoms. The second-order valence-electron chi connectivity index (χ2n) is 13.9. The SMILES string of the molecule is CC(C)(C)[Si](C)(C)O[C@H]1[C@@H](F)C(n2ccc(=O)[nH]c2=O)O[C@]1(CO)CO[Si](c1ccccc1)(c1ccccc1)C(C)(C)C. The number of alkyl halides is 1. The lowest BCUT2D eigenvalue weighted by Gasteiger charge is -2.46. The molecule has 4 rings (SSSR count). The van der Waals surface area contributed by atoms with Crippen molar-refractivity contribution in [1.82, 2.24) is 9.55 Å². The number of aromatic amines is 1. The number of halogens is 1.